The van der Waals surface area contributed by atoms with Crippen LogP contribution >= 0.6 is 0 Å². The first-order valence-corrected chi connectivity index (χ1v) is 6.57. The number of benzene rings is 1. The minimum absolute atomic E-state index is 0.0235. The van der Waals surface area contributed by atoms with Crippen molar-refractivity contribution in [3.05, 3.63) is 23.8 Å². The average Bonchev–Trinajstić information content (AvgIpc) is 2.46. The van der Waals surface area contributed by atoms with E-state index in [2.05, 4.69) is 6.92 Å². The van der Waals surface area contributed by atoms with Crippen molar-refractivity contribution in [1.29, 1.82) is 0 Å². The molecule has 2 rings (SSSR count). The summed E-state index contributed by atoms with van der Waals surface area (Å²) in [7, 11) is 0. The highest BCUT2D eigenvalue weighted by atomic mass is 16.5. The van der Waals surface area contributed by atoms with Crippen molar-refractivity contribution in [2.75, 3.05) is 38.6 Å². The number of nitrogens with two attached hydrogens (primary N) is 1. The Balaban J connectivity index is 1.89. The highest BCUT2D eigenvalue weighted by Gasteiger charge is 2.17. The van der Waals surface area contributed by atoms with Crippen molar-refractivity contribution < 1.29 is 14.3 Å². The number of nitrogens with zero attached hydrogens (tertiary/aromatic N) is 1. The Morgan fingerprint density at radius 1 is 1.42 bits per heavy atom. The van der Waals surface area contributed by atoms with Crippen LogP contribution in [0.1, 0.15) is 12.5 Å². The maximum absolute atomic E-state index is 11.9. The van der Waals surface area contributed by atoms with E-state index in [0.717, 1.165) is 12.0 Å². The molecule has 0 radical (unpaired) electrons. The van der Waals surface area contributed by atoms with Crippen LogP contribution in [0.2, 0.25) is 0 Å². The summed E-state index contributed by atoms with van der Waals surface area (Å²) in [5, 5.41) is 0. The smallest absolute Gasteiger partial charge is 0.260 e. The lowest BCUT2D eigenvalue weighted by molar-refractivity contribution is -0.137. The third-order valence-corrected chi connectivity index (χ3v) is 3.20. The molecule has 0 atom stereocenters. The van der Waals surface area contributed by atoms with Gasteiger partial charge in [-0.3, -0.25) is 4.79 Å². The Bertz CT molecular complexity index is 442. The van der Waals surface area contributed by atoms with E-state index in [1.807, 2.05) is 18.2 Å². The van der Waals surface area contributed by atoms with Gasteiger partial charge in [0.05, 0.1) is 18.9 Å². The summed E-state index contributed by atoms with van der Waals surface area (Å²) in [5.74, 6) is 0.543. The summed E-state index contributed by atoms with van der Waals surface area (Å²) < 4.78 is 10.7. The second-order valence-corrected chi connectivity index (χ2v) is 4.51. The van der Waals surface area contributed by atoms with E-state index in [9.17, 15) is 4.79 Å². The molecule has 0 aromatic heterocycles. The summed E-state index contributed by atoms with van der Waals surface area (Å²) in [5.41, 5.74) is 7.63. The number of hydrogen-bond acceptors (Lipinski definition) is 4. The van der Waals surface area contributed by atoms with Gasteiger partial charge in [-0.2, -0.15) is 0 Å². The van der Waals surface area contributed by atoms with Crippen molar-refractivity contribution in [2.24, 2.45) is 0 Å². The lowest BCUT2D eigenvalue weighted by atomic mass is 10.1. The number of ether oxygens (including phenoxy) is 2. The quantitative estimate of drug-likeness (QED) is 0.826. The van der Waals surface area contributed by atoms with Crippen molar-refractivity contribution >= 4 is 11.6 Å². The van der Waals surface area contributed by atoms with Crippen molar-refractivity contribution in [3.63, 3.8) is 0 Å². The van der Waals surface area contributed by atoms with E-state index in [4.69, 9.17) is 15.2 Å². The Morgan fingerprint density at radius 2 is 2.16 bits per heavy atom. The predicted molar refractivity (Wildman–Crippen MR) is 73.1 cm³/mol. The van der Waals surface area contributed by atoms with Crippen LogP contribution in [0.5, 0.6) is 5.75 Å². The summed E-state index contributed by atoms with van der Waals surface area (Å²) in [4.78, 5) is 13.7. The summed E-state index contributed by atoms with van der Waals surface area (Å²) in [6, 6.07) is 5.67. The lowest BCUT2D eigenvalue weighted by Crippen LogP contribution is -2.43. The molecule has 19 heavy (non-hydrogen) atoms. The van der Waals surface area contributed by atoms with Gasteiger partial charge >= 0.3 is 0 Å². The molecule has 5 nitrogen and oxygen atoms in total. The molecule has 0 spiro atoms. The lowest BCUT2D eigenvalue weighted by Gasteiger charge is -2.26. The molecule has 5 heteroatoms. The third-order valence-electron chi connectivity index (χ3n) is 3.20. The normalized spacial score (nSPS) is 15.3. The summed E-state index contributed by atoms with van der Waals surface area (Å²) >= 11 is 0. The van der Waals surface area contributed by atoms with Crippen LogP contribution in [0, 0.1) is 0 Å². The zero-order chi connectivity index (χ0) is 13.7. The van der Waals surface area contributed by atoms with E-state index in [1.54, 1.807) is 4.90 Å². The molecular weight excluding hydrogens is 244 g/mol. The first kappa shape index (κ1) is 13.7. The molecule has 1 amide bonds. The second-order valence-electron chi connectivity index (χ2n) is 4.51. The number of carbonyl (C=O) groups excluding carboxylic acids is 1. The van der Waals surface area contributed by atoms with Crippen molar-refractivity contribution in [1.82, 2.24) is 4.90 Å². The highest BCUT2D eigenvalue weighted by molar-refractivity contribution is 5.78. The van der Waals surface area contributed by atoms with Gasteiger partial charge in [0.25, 0.3) is 5.91 Å². The number of anilines is 1. The zero-order valence-electron chi connectivity index (χ0n) is 11.2. The Labute approximate surface area is 113 Å². The van der Waals surface area contributed by atoms with E-state index in [-0.39, 0.29) is 12.5 Å². The molecule has 1 saturated heterocycles. The molecule has 1 fully saturated rings. The van der Waals surface area contributed by atoms with Crippen LogP contribution in [0.3, 0.4) is 0 Å². The maximum atomic E-state index is 11.9. The number of carbonyl (C=O) groups is 1. The third kappa shape index (κ3) is 3.61. The van der Waals surface area contributed by atoms with Crippen LogP contribution < -0.4 is 10.5 Å². The van der Waals surface area contributed by atoms with Crippen LogP contribution in [-0.4, -0.2) is 43.7 Å². The number of hydrogen-bond donors (Lipinski definition) is 1. The molecule has 1 aliphatic heterocycles. The van der Waals surface area contributed by atoms with Gasteiger partial charge in [0, 0.05) is 13.1 Å². The van der Waals surface area contributed by atoms with Gasteiger partial charge in [-0.25, -0.2) is 0 Å². The number of amides is 1. The molecule has 0 aliphatic carbocycles. The molecule has 1 aromatic rings. The van der Waals surface area contributed by atoms with Gasteiger partial charge in [-0.05, 0) is 24.1 Å². The molecule has 0 bridgehead atoms. The van der Waals surface area contributed by atoms with Gasteiger partial charge in [0.15, 0.2) is 6.61 Å². The second kappa shape index (κ2) is 6.43. The number of morpholine rings is 1. The zero-order valence-corrected chi connectivity index (χ0v) is 11.2. The van der Waals surface area contributed by atoms with Gasteiger partial charge in [-0.1, -0.05) is 13.0 Å². The average molecular weight is 264 g/mol. The molecule has 1 aliphatic rings. The first-order chi connectivity index (χ1) is 9.20. The molecule has 2 N–H and O–H groups in total. The molecule has 0 saturated carbocycles. The van der Waals surface area contributed by atoms with E-state index in [0.29, 0.717) is 37.7 Å². The van der Waals surface area contributed by atoms with Crippen molar-refractivity contribution in [3.8, 4) is 5.75 Å². The Morgan fingerprint density at radius 3 is 2.79 bits per heavy atom. The fourth-order valence-electron chi connectivity index (χ4n) is 1.99. The first-order valence-electron chi connectivity index (χ1n) is 6.57. The Kier molecular flexibility index (Phi) is 4.63. The van der Waals surface area contributed by atoms with E-state index >= 15 is 0 Å². The number of rotatable bonds is 4. The van der Waals surface area contributed by atoms with E-state index < -0.39 is 0 Å². The summed E-state index contributed by atoms with van der Waals surface area (Å²) in [6.45, 7) is 4.55. The molecule has 1 aromatic carbocycles. The van der Waals surface area contributed by atoms with Gasteiger partial charge in [-0.15, -0.1) is 0 Å². The van der Waals surface area contributed by atoms with Gasteiger partial charge in [0.2, 0.25) is 0 Å². The molecule has 0 unspecified atom stereocenters. The number of nitrogen functional groups attached to an aromatic ring is 1. The van der Waals surface area contributed by atoms with Crippen LogP contribution in [0.25, 0.3) is 0 Å². The predicted octanol–water partition coefficient (Wildman–Crippen LogP) is 1.07. The monoisotopic (exact) mass is 264 g/mol. The van der Waals surface area contributed by atoms with Crippen LogP contribution in [-0.2, 0) is 16.0 Å². The van der Waals surface area contributed by atoms with Crippen LogP contribution in [0.15, 0.2) is 18.2 Å². The molecule has 1 heterocycles. The molecular formula is C14H20N2O3. The standard InChI is InChI=1S/C14H20N2O3/c1-2-11-3-4-13(12(15)9-11)19-10-14(17)16-5-7-18-8-6-16/h3-4,9H,2,5-8,10,15H2,1H3. The summed E-state index contributed by atoms with van der Waals surface area (Å²) in [6.07, 6.45) is 0.928. The SMILES string of the molecule is CCc1ccc(OCC(=O)N2CCOCC2)c(N)c1. The minimum atomic E-state index is -0.0257. The fraction of sp³-hybridized carbons (Fsp3) is 0.500. The highest BCUT2D eigenvalue weighted by Crippen LogP contribution is 2.22. The van der Waals surface area contributed by atoms with Crippen molar-refractivity contribution in [2.45, 2.75) is 13.3 Å². The topological polar surface area (TPSA) is 64.8 Å². The van der Waals surface area contributed by atoms with Gasteiger partial charge < -0.3 is 20.1 Å². The minimum Gasteiger partial charge on any atom is -0.482 e. The molecule has 104 valence electrons. The Hall–Kier alpha value is -1.75. The fourth-order valence-corrected chi connectivity index (χ4v) is 1.99. The van der Waals surface area contributed by atoms with Crippen LogP contribution in [0.4, 0.5) is 5.69 Å². The largest absolute Gasteiger partial charge is 0.482 e. The van der Waals surface area contributed by atoms with Gasteiger partial charge in [0.1, 0.15) is 5.75 Å². The van der Waals surface area contributed by atoms with E-state index in [1.165, 1.54) is 0 Å². The maximum Gasteiger partial charge on any atom is 0.260 e. The number of aryl methyl sites for hydroxylation is 1.